The molecule has 1 aromatic heterocycles. The molecule has 0 aliphatic rings. The molecule has 0 amide bonds. The van der Waals surface area contributed by atoms with E-state index in [1.807, 2.05) is 0 Å². The molecular weight excluding hydrogens is 219 g/mol. The second-order valence-corrected chi connectivity index (χ2v) is 3.16. The summed E-state index contributed by atoms with van der Waals surface area (Å²) in [6.07, 6.45) is 6.73. The number of allylic oxidation sites excluding steroid dienone is 2. The molecule has 0 saturated heterocycles. The topological polar surface area (TPSA) is 34.9 Å². The molecule has 0 saturated carbocycles. The van der Waals surface area contributed by atoms with Crippen molar-refractivity contribution in [3.8, 4) is 0 Å². The number of carbonyl (C=O) groups excluding carboxylic acids is 1. The Hall–Kier alpha value is -1.42. The molecule has 1 rings (SSSR count). The third-order valence-electron chi connectivity index (χ3n) is 1.86. The normalized spacial score (nSPS) is 12.9. The van der Waals surface area contributed by atoms with E-state index in [2.05, 4.69) is 11.7 Å². The Morgan fingerprint density at radius 3 is 3.00 bits per heavy atom. The van der Waals surface area contributed by atoms with Gasteiger partial charge in [0.15, 0.2) is 0 Å². The minimum absolute atomic E-state index is 0.148. The van der Waals surface area contributed by atoms with Crippen molar-refractivity contribution in [2.24, 2.45) is 0 Å². The average Bonchev–Trinajstić information content (AvgIpc) is 2.59. The van der Waals surface area contributed by atoms with Gasteiger partial charge in [-0.2, -0.15) is 5.10 Å². The van der Waals surface area contributed by atoms with E-state index < -0.39 is 0 Å². The number of hydrogen-bond acceptors (Lipinski definition) is 2. The van der Waals surface area contributed by atoms with Crippen LogP contribution in [-0.4, -0.2) is 16.1 Å². The monoisotopic (exact) mass is 227 g/mol. The lowest BCUT2D eigenvalue weighted by Gasteiger charge is -2.11. The molecule has 1 radical (unpaired) electrons. The molecule has 1 heterocycles. The first-order chi connectivity index (χ1) is 7.24. The fraction of sp³-hybridized carbons (Fsp3) is 0.200. The van der Waals surface area contributed by atoms with Gasteiger partial charge < -0.3 is 0 Å². The summed E-state index contributed by atoms with van der Waals surface area (Å²) in [5.41, 5.74) is 0.165. The highest BCUT2D eigenvalue weighted by atomic mass is 35.5. The van der Waals surface area contributed by atoms with Crippen LogP contribution in [0.5, 0.6) is 0 Å². The molecule has 1 unspecified atom stereocenters. The van der Waals surface area contributed by atoms with Gasteiger partial charge >= 0.3 is 0 Å². The summed E-state index contributed by atoms with van der Waals surface area (Å²) >= 11 is 5.84. The zero-order chi connectivity index (χ0) is 11.3. The summed E-state index contributed by atoms with van der Waals surface area (Å²) in [6.45, 7) is 3.55. The Labute approximate surface area is 91.8 Å². The van der Waals surface area contributed by atoms with Crippen molar-refractivity contribution >= 4 is 17.9 Å². The number of halogens is 2. The van der Waals surface area contributed by atoms with Gasteiger partial charge in [-0.05, 0) is 12.5 Å². The third kappa shape index (κ3) is 2.53. The van der Waals surface area contributed by atoms with E-state index in [0.29, 0.717) is 12.8 Å². The van der Waals surface area contributed by atoms with Gasteiger partial charge in [-0.15, -0.1) is 6.58 Å². The van der Waals surface area contributed by atoms with Crippen LogP contribution >= 0.6 is 11.6 Å². The maximum absolute atomic E-state index is 12.1. The largest absolute Gasteiger partial charge is 0.285 e. The van der Waals surface area contributed by atoms with Gasteiger partial charge in [-0.3, -0.25) is 4.79 Å². The predicted molar refractivity (Wildman–Crippen MR) is 56.1 cm³/mol. The Kier molecular flexibility index (Phi) is 4.24. The van der Waals surface area contributed by atoms with Crippen LogP contribution in [0.3, 0.4) is 0 Å². The van der Waals surface area contributed by atoms with Crippen LogP contribution in [0.15, 0.2) is 31.3 Å². The first kappa shape index (κ1) is 11.7. The predicted octanol–water partition coefficient (Wildman–Crippen LogP) is 2.59. The molecule has 79 valence electrons. The van der Waals surface area contributed by atoms with Crippen molar-refractivity contribution in [2.75, 3.05) is 0 Å². The quantitative estimate of drug-likeness (QED) is 0.725. The standard InChI is InChI=1S/C10H9ClFN2O/c1-2-3-9(4-5-12)14-10(11)8(7-15)6-13-14/h2,4-6,9H,1,3H2. The van der Waals surface area contributed by atoms with Crippen LogP contribution < -0.4 is 0 Å². The zero-order valence-electron chi connectivity index (χ0n) is 7.86. The molecule has 1 atom stereocenters. The minimum atomic E-state index is -0.373. The molecule has 0 aromatic carbocycles. The Morgan fingerprint density at radius 2 is 2.53 bits per heavy atom. The van der Waals surface area contributed by atoms with Crippen LogP contribution in [0.1, 0.15) is 18.0 Å². The molecule has 0 bridgehead atoms. The van der Waals surface area contributed by atoms with Gasteiger partial charge in [0.2, 0.25) is 6.29 Å². The molecule has 1 aromatic rings. The van der Waals surface area contributed by atoms with Crippen molar-refractivity contribution in [1.82, 2.24) is 9.78 Å². The average molecular weight is 228 g/mol. The zero-order valence-corrected chi connectivity index (χ0v) is 8.62. The van der Waals surface area contributed by atoms with Crippen LogP contribution in [0.4, 0.5) is 4.39 Å². The smallest absolute Gasteiger partial charge is 0.238 e. The number of rotatable bonds is 5. The van der Waals surface area contributed by atoms with E-state index in [0.717, 1.165) is 0 Å². The summed E-state index contributed by atoms with van der Waals surface area (Å²) in [5, 5.41) is 4.03. The number of aromatic nitrogens is 2. The van der Waals surface area contributed by atoms with E-state index in [-0.39, 0.29) is 16.8 Å². The second-order valence-electron chi connectivity index (χ2n) is 2.81. The van der Waals surface area contributed by atoms with Gasteiger partial charge in [0, 0.05) is 0 Å². The van der Waals surface area contributed by atoms with E-state index in [4.69, 9.17) is 11.6 Å². The lowest BCUT2D eigenvalue weighted by Crippen LogP contribution is -2.07. The van der Waals surface area contributed by atoms with E-state index in [1.165, 1.54) is 17.0 Å². The van der Waals surface area contributed by atoms with Gasteiger partial charge in [0.05, 0.1) is 24.1 Å². The van der Waals surface area contributed by atoms with Crippen molar-refractivity contribution < 1.29 is 9.18 Å². The minimum Gasteiger partial charge on any atom is -0.285 e. The highest BCUT2D eigenvalue weighted by Crippen LogP contribution is 2.22. The van der Waals surface area contributed by atoms with Crippen molar-refractivity contribution in [3.63, 3.8) is 0 Å². The molecule has 3 nitrogen and oxygen atoms in total. The van der Waals surface area contributed by atoms with Crippen LogP contribution in [0.25, 0.3) is 0 Å². The Bertz CT molecular complexity index is 387. The van der Waals surface area contributed by atoms with Crippen LogP contribution in [-0.2, 0) is 4.79 Å². The Morgan fingerprint density at radius 1 is 1.80 bits per heavy atom. The first-order valence-electron chi connectivity index (χ1n) is 4.23. The van der Waals surface area contributed by atoms with Crippen molar-refractivity contribution in [1.29, 1.82) is 0 Å². The van der Waals surface area contributed by atoms with Crippen LogP contribution in [0, 0.1) is 0 Å². The fourth-order valence-electron chi connectivity index (χ4n) is 1.16. The summed E-state index contributed by atoms with van der Waals surface area (Å²) in [6, 6.07) is -0.373. The highest BCUT2D eigenvalue weighted by Gasteiger charge is 2.14. The molecule has 0 N–H and O–H groups in total. The van der Waals surface area contributed by atoms with Crippen molar-refractivity contribution in [3.05, 3.63) is 42.0 Å². The molecule has 0 fully saturated rings. The fourth-order valence-corrected chi connectivity index (χ4v) is 1.42. The summed E-state index contributed by atoms with van der Waals surface area (Å²) in [5.74, 6) is 0. The third-order valence-corrected chi connectivity index (χ3v) is 2.24. The van der Waals surface area contributed by atoms with Gasteiger partial charge in [0.25, 0.3) is 0 Å². The maximum atomic E-state index is 12.1. The SMILES string of the molecule is C=CCC(C=CF)n1ncc([C]=O)c1Cl. The number of hydrogen-bond donors (Lipinski definition) is 0. The second kappa shape index (κ2) is 5.46. The van der Waals surface area contributed by atoms with Gasteiger partial charge in [0.1, 0.15) is 5.15 Å². The lowest BCUT2D eigenvalue weighted by atomic mass is 10.2. The number of nitrogens with zero attached hydrogens (tertiary/aromatic N) is 2. The van der Waals surface area contributed by atoms with Gasteiger partial charge in [-0.25, -0.2) is 9.07 Å². The molecule has 0 aliphatic heterocycles. The summed E-state index contributed by atoms with van der Waals surface area (Å²) < 4.78 is 13.4. The summed E-state index contributed by atoms with van der Waals surface area (Å²) in [7, 11) is 0. The van der Waals surface area contributed by atoms with Crippen molar-refractivity contribution in [2.45, 2.75) is 12.5 Å². The lowest BCUT2D eigenvalue weighted by molar-refractivity contribution is 0.535. The maximum Gasteiger partial charge on any atom is 0.238 e. The molecular formula is C10H9ClFN2O. The van der Waals surface area contributed by atoms with Crippen LogP contribution in [0.2, 0.25) is 5.15 Å². The molecule has 0 spiro atoms. The highest BCUT2D eigenvalue weighted by molar-refractivity contribution is 6.31. The van der Waals surface area contributed by atoms with E-state index >= 15 is 0 Å². The molecule has 5 heteroatoms. The first-order valence-corrected chi connectivity index (χ1v) is 4.61. The van der Waals surface area contributed by atoms with Gasteiger partial charge in [-0.1, -0.05) is 17.7 Å². The molecule has 15 heavy (non-hydrogen) atoms. The molecule has 0 aliphatic carbocycles. The Balaban J connectivity index is 3.04. The van der Waals surface area contributed by atoms with E-state index in [1.54, 1.807) is 12.4 Å². The summed E-state index contributed by atoms with van der Waals surface area (Å²) in [4.78, 5) is 10.4. The van der Waals surface area contributed by atoms with E-state index in [9.17, 15) is 9.18 Å².